The monoisotopic (exact) mass is 281 g/mol. The molecule has 2 unspecified atom stereocenters. The van der Waals surface area contributed by atoms with Crippen molar-refractivity contribution in [1.82, 2.24) is 4.98 Å². The Hall–Kier alpha value is -1.87. The van der Waals surface area contributed by atoms with Crippen molar-refractivity contribution in [2.24, 2.45) is 5.73 Å². The van der Waals surface area contributed by atoms with Gasteiger partial charge in [0.05, 0.1) is 0 Å². The van der Waals surface area contributed by atoms with Gasteiger partial charge in [0.25, 0.3) is 0 Å². The second-order valence-corrected chi connectivity index (χ2v) is 6.01. The summed E-state index contributed by atoms with van der Waals surface area (Å²) in [6, 6.07) is 15.1. The van der Waals surface area contributed by atoms with Crippen molar-refractivity contribution in [1.29, 1.82) is 0 Å². The molecule has 3 heteroatoms. The van der Waals surface area contributed by atoms with Gasteiger partial charge in [-0.1, -0.05) is 36.4 Å². The molecular formula is C18H23N3. The van der Waals surface area contributed by atoms with Crippen molar-refractivity contribution in [2.45, 2.75) is 31.7 Å². The van der Waals surface area contributed by atoms with Gasteiger partial charge in [0, 0.05) is 31.2 Å². The molecule has 0 amide bonds. The second kappa shape index (κ2) is 6.27. The molecule has 1 aliphatic rings. The van der Waals surface area contributed by atoms with Crippen LogP contribution in [0.5, 0.6) is 0 Å². The first kappa shape index (κ1) is 14.1. The zero-order chi connectivity index (χ0) is 14.7. The van der Waals surface area contributed by atoms with Gasteiger partial charge in [-0.15, -0.1) is 0 Å². The van der Waals surface area contributed by atoms with E-state index in [0.29, 0.717) is 5.92 Å². The van der Waals surface area contributed by atoms with Crippen LogP contribution in [0.15, 0.2) is 48.7 Å². The zero-order valence-corrected chi connectivity index (χ0v) is 12.6. The first-order valence-corrected chi connectivity index (χ1v) is 7.73. The highest BCUT2D eigenvalue weighted by atomic mass is 15.2. The normalized spacial score (nSPS) is 19.7. The Morgan fingerprint density at radius 3 is 2.81 bits per heavy atom. The third-order valence-corrected chi connectivity index (χ3v) is 4.17. The van der Waals surface area contributed by atoms with E-state index in [9.17, 15) is 0 Å². The van der Waals surface area contributed by atoms with E-state index in [1.165, 1.54) is 17.5 Å². The summed E-state index contributed by atoms with van der Waals surface area (Å²) in [5.41, 5.74) is 8.66. The Bertz CT molecular complexity index is 580. The molecule has 0 radical (unpaired) electrons. The molecule has 0 bridgehead atoms. The number of anilines is 1. The first-order chi connectivity index (χ1) is 10.2. The molecule has 21 heavy (non-hydrogen) atoms. The third kappa shape index (κ3) is 3.24. The highest BCUT2D eigenvalue weighted by molar-refractivity contribution is 5.49. The number of hydrogen-bond acceptors (Lipinski definition) is 3. The van der Waals surface area contributed by atoms with Gasteiger partial charge in [-0.3, -0.25) is 0 Å². The van der Waals surface area contributed by atoms with Crippen LogP contribution in [0.4, 0.5) is 5.82 Å². The predicted molar refractivity (Wildman–Crippen MR) is 87.6 cm³/mol. The van der Waals surface area contributed by atoms with Gasteiger partial charge in [-0.2, -0.15) is 0 Å². The summed E-state index contributed by atoms with van der Waals surface area (Å²) >= 11 is 0. The molecule has 1 fully saturated rings. The van der Waals surface area contributed by atoms with Crippen LogP contribution in [-0.4, -0.2) is 24.1 Å². The smallest absolute Gasteiger partial charge is 0.131 e. The summed E-state index contributed by atoms with van der Waals surface area (Å²) in [7, 11) is 0. The van der Waals surface area contributed by atoms with Crippen molar-refractivity contribution in [2.75, 3.05) is 18.0 Å². The lowest BCUT2D eigenvalue weighted by Crippen LogP contribution is -2.24. The Labute approximate surface area is 126 Å². The van der Waals surface area contributed by atoms with Crippen LogP contribution < -0.4 is 10.6 Å². The Balaban J connectivity index is 1.77. The molecule has 3 rings (SSSR count). The third-order valence-electron chi connectivity index (χ3n) is 4.17. The molecule has 110 valence electrons. The maximum absolute atomic E-state index is 5.96. The molecule has 2 aromatic rings. The van der Waals surface area contributed by atoms with E-state index in [1.54, 1.807) is 0 Å². The number of nitrogens with zero attached hydrogens (tertiary/aromatic N) is 2. The average molecular weight is 281 g/mol. The van der Waals surface area contributed by atoms with Crippen LogP contribution in [0.25, 0.3) is 0 Å². The Morgan fingerprint density at radius 1 is 1.24 bits per heavy atom. The van der Waals surface area contributed by atoms with Gasteiger partial charge >= 0.3 is 0 Å². The maximum Gasteiger partial charge on any atom is 0.131 e. The lowest BCUT2D eigenvalue weighted by molar-refractivity contribution is 0.730. The minimum Gasteiger partial charge on any atom is -0.356 e. The number of pyridine rings is 1. The van der Waals surface area contributed by atoms with E-state index >= 15 is 0 Å². The number of aromatic nitrogens is 1. The Kier molecular flexibility index (Phi) is 4.20. The van der Waals surface area contributed by atoms with Crippen molar-refractivity contribution in [3.05, 3.63) is 59.8 Å². The van der Waals surface area contributed by atoms with Gasteiger partial charge in [-0.25, -0.2) is 4.98 Å². The van der Waals surface area contributed by atoms with Crippen LogP contribution in [0, 0.1) is 0 Å². The fraction of sp³-hybridized carbons (Fsp3) is 0.389. The molecule has 0 saturated carbocycles. The fourth-order valence-corrected chi connectivity index (χ4v) is 3.17. The summed E-state index contributed by atoms with van der Waals surface area (Å²) in [6.07, 6.45) is 3.96. The van der Waals surface area contributed by atoms with E-state index in [1.807, 2.05) is 19.2 Å². The number of nitrogens with two attached hydrogens (primary N) is 1. The highest BCUT2D eigenvalue weighted by Gasteiger charge is 2.26. The quantitative estimate of drug-likeness (QED) is 0.937. The molecule has 2 N–H and O–H groups in total. The highest BCUT2D eigenvalue weighted by Crippen LogP contribution is 2.31. The molecule has 1 aromatic heterocycles. The SMILES string of the molecule is CC(N)Cc1cccnc1N1CCC(c2ccccc2)C1. The average Bonchev–Trinajstić information content (AvgIpc) is 2.98. The number of rotatable bonds is 4. The molecule has 2 atom stereocenters. The largest absolute Gasteiger partial charge is 0.356 e. The zero-order valence-electron chi connectivity index (χ0n) is 12.6. The van der Waals surface area contributed by atoms with Crippen LogP contribution in [0.2, 0.25) is 0 Å². The standard InChI is InChI=1S/C18H23N3/c1-14(19)12-16-8-5-10-20-18(16)21-11-9-17(13-21)15-6-3-2-4-7-15/h2-8,10,14,17H,9,11-13,19H2,1H3. The van der Waals surface area contributed by atoms with E-state index in [0.717, 1.165) is 25.3 Å². The van der Waals surface area contributed by atoms with Crippen molar-refractivity contribution in [3.8, 4) is 0 Å². The lowest BCUT2D eigenvalue weighted by Gasteiger charge is -2.21. The van der Waals surface area contributed by atoms with Gasteiger partial charge in [0.15, 0.2) is 0 Å². The van der Waals surface area contributed by atoms with Gasteiger partial charge < -0.3 is 10.6 Å². The number of benzene rings is 1. The summed E-state index contributed by atoms with van der Waals surface area (Å²) in [4.78, 5) is 7.02. The van der Waals surface area contributed by atoms with Crippen LogP contribution in [0.1, 0.15) is 30.4 Å². The first-order valence-electron chi connectivity index (χ1n) is 7.73. The van der Waals surface area contributed by atoms with Crippen molar-refractivity contribution in [3.63, 3.8) is 0 Å². The van der Waals surface area contributed by atoms with Crippen LogP contribution in [0.3, 0.4) is 0 Å². The molecule has 0 aliphatic carbocycles. The minimum absolute atomic E-state index is 0.167. The molecule has 1 aromatic carbocycles. The summed E-state index contributed by atoms with van der Waals surface area (Å²) in [5, 5.41) is 0. The molecule has 0 spiro atoms. The van der Waals surface area contributed by atoms with E-state index < -0.39 is 0 Å². The lowest BCUT2D eigenvalue weighted by atomic mass is 9.99. The topological polar surface area (TPSA) is 42.1 Å². The predicted octanol–water partition coefficient (Wildman–Crippen LogP) is 2.97. The van der Waals surface area contributed by atoms with Gasteiger partial charge in [0.1, 0.15) is 5.82 Å². The summed E-state index contributed by atoms with van der Waals surface area (Å²) < 4.78 is 0. The van der Waals surface area contributed by atoms with Gasteiger partial charge in [-0.05, 0) is 37.0 Å². The van der Waals surface area contributed by atoms with Crippen molar-refractivity contribution >= 4 is 5.82 Å². The maximum atomic E-state index is 5.96. The molecule has 3 nitrogen and oxygen atoms in total. The summed E-state index contributed by atoms with van der Waals surface area (Å²) in [5.74, 6) is 1.73. The summed E-state index contributed by atoms with van der Waals surface area (Å²) in [6.45, 7) is 4.17. The second-order valence-electron chi connectivity index (χ2n) is 6.01. The van der Waals surface area contributed by atoms with Crippen LogP contribution >= 0.6 is 0 Å². The molecular weight excluding hydrogens is 258 g/mol. The van der Waals surface area contributed by atoms with Crippen LogP contribution in [-0.2, 0) is 6.42 Å². The number of hydrogen-bond donors (Lipinski definition) is 1. The van der Waals surface area contributed by atoms with E-state index in [4.69, 9.17) is 5.73 Å². The van der Waals surface area contributed by atoms with E-state index in [-0.39, 0.29) is 6.04 Å². The molecule has 2 heterocycles. The van der Waals surface area contributed by atoms with Crippen molar-refractivity contribution < 1.29 is 0 Å². The van der Waals surface area contributed by atoms with E-state index in [2.05, 4.69) is 46.3 Å². The Morgan fingerprint density at radius 2 is 2.05 bits per heavy atom. The fourth-order valence-electron chi connectivity index (χ4n) is 3.17. The van der Waals surface area contributed by atoms with Gasteiger partial charge in [0.2, 0.25) is 0 Å². The molecule has 1 aliphatic heterocycles. The minimum atomic E-state index is 0.167. The molecule has 1 saturated heterocycles.